The standard InChI is InChI=1S/C27H23FN4O/c1-32(16-6-8-22-17-26(31-30-22)19-12-14-21(28)15-13-19)27(33)25-11-5-4-10-24(25)23-9-3-2-7-20(23)18-29/h2-5,7,9-15,17H,6,8,16H2,1H3,(H,30,31). The van der Waals surface area contributed by atoms with Gasteiger partial charge in [-0.3, -0.25) is 9.89 Å². The Labute approximate surface area is 192 Å². The average Bonchev–Trinajstić information content (AvgIpc) is 3.32. The molecule has 0 atom stereocenters. The molecule has 4 aromatic rings. The lowest BCUT2D eigenvalue weighted by Crippen LogP contribution is -2.28. The molecule has 4 rings (SSSR count). The first kappa shape index (κ1) is 22.0. The molecule has 1 aromatic heterocycles. The van der Waals surface area contributed by atoms with Crippen molar-refractivity contribution in [1.29, 1.82) is 5.26 Å². The zero-order valence-corrected chi connectivity index (χ0v) is 18.3. The molecule has 0 aliphatic heterocycles. The van der Waals surface area contributed by atoms with Gasteiger partial charge in [-0.05, 0) is 60.9 Å². The molecule has 164 valence electrons. The first-order valence-electron chi connectivity index (χ1n) is 10.7. The number of nitriles is 1. The van der Waals surface area contributed by atoms with Crippen molar-refractivity contribution >= 4 is 5.91 Å². The molecule has 6 heteroatoms. The SMILES string of the molecule is CN(CCCc1cc(-c2ccc(F)cc2)n[nH]1)C(=O)c1ccccc1-c1ccccc1C#N. The van der Waals surface area contributed by atoms with Gasteiger partial charge < -0.3 is 4.90 Å². The number of hydrogen-bond donors (Lipinski definition) is 1. The van der Waals surface area contributed by atoms with E-state index in [1.165, 1.54) is 12.1 Å². The van der Waals surface area contributed by atoms with E-state index in [1.807, 2.05) is 42.5 Å². The van der Waals surface area contributed by atoms with Crippen molar-refractivity contribution in [3.63, 3.8) is 0 Å². The summed E-state index contributed by atoms with van der Waals surface area (Å²) in [6.45, 7) is 0.567. The second-order valence-electron chi connectivity index (χ2n) is 7.82. The van der Waals surface area contributed by atoms with Crippen molar-refractivity contribution in [1.82, 2.24) is 15.1 Å². The lowest BCUT2D eigenvalue weighted by atomic mass is 9.95. The molecule has 0 spiro atoms. The average molecular weight is 439 g/mol. The predicted octanol–water partition coefficient (Wildman–Crippen LogP) is 5.46. The predicted molar refractivity (Wildman–Crippen MR) is 126 cm³/mol. The van der Waals surface area contributed by atoms with E-state index in [4.69, 9.17) is 0 Å². The third kappa shape index (κ3) is 4.99. The van der Waals surface area contributed by atoms with Crippen LogP contribution >= 0.6 is 0 Å². The quantitative estimate of drug-likeness (QED) is 0.416. The van der Waals surface area contributed by atoms with Crippen molar-refractivity contribution in [2.24, 2.45) is 0 Å². The molecule has 0 unspecified atom stereocenters. The van der Waals surface area contributed by atoms with Crippen LogP contribution in [0.15, 0.2) is 78.9 Å². The monoisotopic (exact) mass is 438 g/mol. The normalized spacial score (nSPS) is 10.6. The van der Waals surface area contributed by atoms with E-state index < -0.39 is 0 Å². The Morgan fingerprint density at radius 3 is 2.48 bits per heavy atom. The molecule has 1 heterocycles. The van der Waals surface area contributed by atoms with E-state index >= 15 is 0 Å². The molecule has 0 aliphatic rings. The van der Waals surface area contributed by atoms with Gasteiger partial charge in [-0.1, -0.05) is 36.4 Å². The number of nitrogens with one attached hydrogen (secondary N) is 1. The molecule has 0 saturated carbocycles. The number of H-pyrrole nitrogens is 1. The fraction of sp³-hybridized carbons (Fsp3) is 0.148. The second kappa shape index (κ2) is 9.92. The number of amides is 1. The number of carbonyl (C=O) groups excluding carboxylic acids is 1. The van der Waals surface area contributed by atoms with E-state index in [1.54, 1.807) is 36.2 Å². The molecule has 5 nitrogen and oxygen atoms in total. The molecule has 0 saturated heterocycles. The summed E-state index contributed by atoms with van der Waals surface area (Å²) in [6.07, 6.45) is 1.48. The van der Waals surface area contributed by atoms with E-state index in [9.17, 15) is 14.4 Å². The molecule has 1 amide bonds. The van der Waals surface area contributed by atoms with Crippen LogP contribution in [0.1, 0.15) is 28.0 Å². The van der Waals surface area contributed by atoms with Gasteiger partial charge in [0.25, 0.3) is 5.91 Å². The summed E-state index contributed by atoms with van der Waals surface area (Å²) in [5.74, 6) is -0.366. The second-order valence-corrected chi connectivity index (χ2v) is 7.82. The van der Waals surface area contributed by atoms with Gasteiger partial charge in [-0.25, -0.2) is 4.39 Å². The highest BCUT2D eigenvalue weighted by Crippen LogP contribution is 2.27. The topological polar surface area (TPSA) is 72.8 Å². The molecular formula is C27H23FN4O. The van der Waals surface area contributed by atoms with Gasteiger partial charge in [-0.2, -0.15) is 10.4 Å². The smallest absolute Gasteiger partial charge is 0.254 e. The highest BCUT2D eigenvalue weighted by atomic mass is 19.1. The molecule has 33 heavy (non-hydrogen) atoms. The van der Waals surface area contributed by atoms with Crippen LogP contribution in [0.3, 0.4) is 0 Å². The zero-order valence-electron chi connectivity index (χ0n) is 18.3. The number of rotatable bonds is 7. The van der Waals surface area contributed by atoms with Crippen molar-refractivity contribution < 1.29 is 9.18 Å². The lowest BCUT2D eigenvalue weighted by Gasteiger charge is -2.19. The Morgan fingerprint density at radius 1 is 1.03 bits per heavy atom. The summed E-state index contributed by atoms with van der Waals surface area (Å²) in [5.41, 5.74) is 5.19. The van der Waals surface area contributed by atoms with Crippen LogP contribution < -0.4 is 0 Å². The van der Waals surface area contributed by atoms with E-state index in [2.05, 4.69) is 16.3 Å². The molecule has 3 aromatic carbocycles. The maximum Gasteiger partial charge on any atom is 0.254 e. The summed E-state index contributed by atoms with van der Waals surface area (Å²) < 4.78 is 13.1. The van der Waals surface area contributed by atoms with Crippen LogP contribution in [-0.2, 0) is 6.42 Å². The third-order valence-corrected chi connectivity index (χ3v) is 5.55. The first-order valence-corrected chi connectivity index (χ1v) is 10.7. The van der Waals surface area contributed by atoms with E-state index in [0.717, 1.165) is 40.9 Å². The van der Waals surface area contributed by atoms with Crippen molar-refractivity contribution in [3.05, 3.63) is 102 Å². The Morgan fingerprint density at radius 2 is 1.73 bits per heavy atom. The minimum Gasteiger partial charge on any atom is -0.342 e. The molecule has 0 bridgehead atoms. The van der Waals surface area contributed by atoms with Crippen LogP contribution in [0.5, 0.6) is 0 Å². The minimum atomic E-state index is -0.278. The number of carbonyl (C=O) groups is 1. The summed E-state index contributed by atoms with van der Waals surface area (Å²) in [7, 11) is 1.78. The molecule has 0 fully saturated rings. The van der Waals surface area contributed by atoms with Gasteiger partial charge in [0.2, 0.25) is 0 Å². The van der Waals surface area contributed by atoms with Crippen molar-refractivity contribution in [2.75, 3.05) is 13.6 Å². The number of aryl methyl sites for hydroxylation is 1. The largest absolute Gasteiger partial charge is 0.342 e. The van der Waals surface area contributed by atoms with Gasteiger partial charge >= 0.3 is 0 Å². The maximum absolute atomic E-state index is 13.2. The number of halogens is 1. The molecule has 0 aliphatic carbocycles. The zero-order chi connectivity index (χ0) is 23.2. The third-order valence-electron chi connectivity index (χ3n) is 5.55. The van der Waals surface area contributed by atoms with Crippen LogP contribution in [0.4, 0.5) is 4.39 Å². The molecule has 1 N–H and O–H groups in total. The molecular weight excluding hydrogens is 415 g/mol. The fourth-order valence-electron chi connectivity index (χ4n) is 3.79. The Balaban J connectivity index is 1.41. The number of benzene rings is 3. The summed E-state index contributed by atoms with van der Waals surface area (Å²) in [4.78, 5) is 14.9. The van der Waals surface area contributed by atoms with Crippen LogP contribution in [0.25, 0.3) is 22.4 Å². The van der Waals surface area contributed by atoms with Crippen molar-refractivity contribution in [2.45, 2.75) is 12.8 Å². The lowest BCUT2D eigenvalue weighted by molar-refractivity contribution is 0.0794. The van der Waals surface area contributed by atoms with Gasteiger partial charge in [0.1, 0.15) is 5.82 Å². The van der Waals surface area contributed by atoms with Crippen LogP contribution in [-0.4, -0.2) is 34.6 Å². The summed E-state index contributed by atoms with van der Waals surface area (Å²) in [5, 5.41) is 16.8. The number of aromatic nitrogens is 2. The fourth-order valence-corrected chi connectivity index (χ4v) is 3.79. The highest BCUT2D eigenvalue weighted by Gasteiger charge is 2.18. The Kier molecular flexibility index (Phi) is 6.61. The number of aromatic amines is 1. The summed E-state index contributed by atoms with van der Waals surface area (Å²) >= 11 is 0. The first-order chi connectivity index (χ1) is 16.1. The van der Waals surface area contributed by atoms with Crippen LogP contribution in [0.2, 0.25) is 0 Å². The van der Waals surface area contributed by atoms with Gasteiger partial charge in [-0.15, -0.1) is 0 Å². The molecule has 0 radical (unpaired) electrons. The van der Waals surface area contributed by atoms with Crippen LogP contribution in [0, 0.1) is 17.1 Å². The van der Waals surface area contributed by atoms with Gasteiger partial charge in [0.05, 0.1) is 17.3 Å². The number of nitrogens with zero attached hydrogens (tertiary/aromatic N) is 3. The Bertz CT molecular complexity index is 1300. The van der Waals surface area contributed by atoms with Crippen molar-refractivity contribution in [3.8, 4) is 28.5 Å². The van der Waals surface area contributed by atoms with Gasteiger partial charge in [0.15, 0.2) is 0 Å². The maximum atomic E-state index is 13.2. The highest BCUT2D eigenvalue weighted by molar-refractivity contribution is 6.01. The minimum absolute atomic E-state index is 0.0880. The van der Waals surface area contributed by atoms with E-state index in [0.29, 0.717) is 17.7 Å². The summed E-state index contributed by atoms with van der Waals surface area (Å²) in [6, 6.07) is 25.1. The Hall–Kier alpha value is -4.24. The van der Waals surface area contributed by atoms with E-state index in [-0.39, 0.29) is 11.7 Å². The number of hydrogen-bond acceptors (Lipinski definition) is 3. The van der Waals surface area contributed by atoms with Gasteiger partial charge in [0, 0.05) is 36.0 Å².